The zero-order chi connectivity index (χ0) is 25.1. The van der Waals surface area contributed by atoms with E-state index < -0.39 is 0 Å². The smallest absolute Gasteiger partial charge is 0.243 e. The van der Waals surface area contributed by atoms with Crippen molar-refractivity contribution in [3.05, 3.63) is 64.4 Å². The van der Waals surface area contributed by atoms with Crippen molar-refractivity contribution in [2.45, 2.75) is 25.9 Å². The van der Waals surface area contributed by atoms with Gasteiger partial charge in [0.1, 0.15) is 10.8 Å². The van der Waals surface area contributed by atoms with Crippen molar-refractivity contribution in [3.8, 4) is 17.0 Å². The molecule has 9 nitrogen and oxygen atoms in total. The van der Waals surface area contributed by atoms with Gasteiger partial charge in [-0.15, -0.1) is 16.4 Å². The highest BCUT2D eigenvalue weighted by atomic mass is 35.5. The second-order valence-electron chi connectivity index (χ2n) is 8.25. The number of hydrazine groups is 1. The maximum absolute atomic E-state index is 9.31. The number of nitrogens with one attached hydrogen (secondary N) is 2. The van der Waals surface area contributed by atoms with E-state index in [9.17, 15) is 5.11 Å². The molecule has 0 radical (unpaired) electrons. The van der Waals surface area contributed by atoms with Gasteiger partial charge in [0.2, 0.25) is 5.95 Å². The lowest BCUT2D eigenvalue weighted by Gasteiger charge is -2.18. The number of halogens is 1. The van der Waals surface area contributed by atoms with E-state index in [1.165, 1.54) is 0 Å². The van der Waals surface area contributed by atoms with Crippen molar-refractivity contribution in [3.63, 3.8) is 0 Å². The summed E-state index contributed by atoms with van der Waals surface area (Å²) in [5.74, 6) is 1.18. The van der Waals surface area contributed by atoms with Gasteiger partial charge in [0.15, 0.2) is 0 Å². The minimum Gasteiger partial charge on any atom is -0.497 e. The average molecular weight is 524 g/mol. The van der Waals surface area contributed by atoms with Gasteiger partial charge in [0.25, 0.3) is 0 Å². The Morgan fingerprint density at radius 2 is 2.11 bits per heavy atom. The van der Waals surface area contributed by atoms with Crippen LogP contribution in [0.2, 0.25) is 5.02 Å². The molecule has 3 heterocycles. The fraction of sp³-hybridized carbons (Fsp3) is 0.280. The van der Waals surface area contributed by atoms with E-state index in [1.807, 2.05) is 47.6 Å². The van der Waals surface area contributed by atoms with Crippen LogP contribution in [0.4, 0.5) is 5.95 Å². The summed E-state index contributed by atoms with van der Waals surface area (Å²) in [6.07, 6.45) is 4.56. The van der Waals surface area contributed by atoms with Gasteiger partial charge in [-0.2, -0.15) is 5.10 Å². The Bertz CT molecular complexity index is 1410. The second kappa shape index (κ2) is 10.8. The molecule has 0 spiro atoms. The van der Waals surface area contributed by atoms with Gasteiger partial charge in [-0.3, -0.25) is 0 Å². The monoisotopic (exact) mass is 523 g/mol. The number of fused-ring (bicyclic) bond motifs is 1. The zero-order valence-electron chi connectivity index (χ0n) is 19.9. The van der Waals surface area contributed by atoms with Crippen LogP contribution in [0, 0.1) is 0 Å². The molecule has 1 atom stereocenters. The molecule has 0 saturated heterocycles. The van der Waals surface area contributed by atoms with Gasteiger partial charge < -0.3 is 20.2 Å². The van der Waals surface area contributed by atoms with Crippen LogP contribution in [-0.4, -0.2) is 56.6 Å². The molecular formula is C25H26ClN7O2S. The van der Waals surface area contributed by atoms with Gasteiger partial charge in [0.05, 0.1) is 60.0 Å². The molecule has 5 rings (SSSR count). The summed E-state index contributed by atoms with van der Waals surface area (Å²) in [5.41, 5.74) is 7.87. The SMILES string of the molecule is CCC1NN(CCO)C=C1c1ccc(Cl)c(-c2cnnc(NCc3nc4cc(OC)ccc4s3)n2)c1. The lowest BCUT2D eigenvalue weighted by atomic mass is 9.96. The van der Waals surface area contributed by atoms with Gasteiger partial charge >= 0.3 is 0 Å². The van der Waals surface area contributed by atoms with Crippen molar-refractivity contribution in [1.29, 1.82) is 0 Å². The standard InChI is InChI=1S/C25H26ClN7O2S/c1-3-20-18(14-33(32-20)8-9-34)15-4-6-19(26)17(10-15)22-12-28-31-25(30-22)27-13-24-29-21-11-16(35-2)5-7-23(21)36-24/h4-7,10-12,14,20,32,34H,3,8-9,13H2,1-2H3,(H,27,30,31). The third kappa shape index (κ3) is 5.12. The number of hydrogen-bond acceptors (Lipinski definition) is 10. The van der Waals surface area contributed by atoms with Crippen LogP contribution in [0.3, 0.4) is 0 Å². The topological polar surface area (TPSA) is 108 Å². The van der Waals surface area contributed by atoms with Crippen molar-refractivity contribution in [1.82, 2.24) is 30.6 Å². The highest BCUT2D eigenvalue weighted by Crippen LogP contribution is 2.33. The molecule has 4 aromatic rings. The number of aliphatic hydroxyl groups is 1. The predicted molar refractivity (Wildman–Crippen MR) is 143 cm³/mol. The van der Waals surface area contributed by atoms with E-state index in [2.05, 4.69) is 37.8 Å². The molecule has 1 aliphatic rings. The summed E-state index contributed by atoms with van der Waals surface area (Å²) < 4.78 is 6.37. The van der Waals surface area contributed by atoms with E-state index >= 15 is 0 Å². The molecule has 36 heavy (non-hydrogen) atoms. The summed E-state index contributed by atoms with van der Waals surface area (Å²) in [6.45, 7) is 3.19. The average Bonchev–Trinajstić information content (AvgIpc) is 3.51. The lowest BCUT2D eigenvalue weighted by molar-refractivity contribution is 0.197. The number of methoxy groups -OCH3 is 1. The molecule has 1 aliphatic heterocycles. The number of aliphatic hydroxyl groups excluding tert-OH is 1. The number of rotatable bonds is 9. The van der Waals surface area contributed by atoms with Crippen LogP contribution in [0.15, 0.2) is 48.8 Å². The molecule has 0 saturated carbocycles. The van der Waals surface area contributed by atoms with E-state index in [4.69, 9.17) is 16.3 Å². The highest BCUT2D eigenvalue weighted by molar-refractivity contribution is 7.18. The molecule has 2 aromatic carbocycles. The second-order valence-corrected chi connectivity index (χ2v) is 9.77. The van der Waals surface area contributed by atoms with Gasteiger partial charge in [-0.1, -0.05) is 24.6 Å². The summed E-state index contributed by atoms with van der Waals surface area (Å²) in [4.78, 5) is 9.33. The number of anilines is 1. The summed E-state index contributed by atoms with van der Waals surface area (Å²) >= 11 is 8.18. The molecule has 1 unspecified atom stereocenters. The minimum absolute atomic E-state index is 0.0761. The first-order chi connectivity index (χ1) is 17.6. The molecule has 186 valence electrons. The van der Waals surface area contributed by atoms with Gasteiger partial charge in [-0.05, 0) is 41.8 Å². The Balaban J connectivity index is 1.37. The van der Waals surface area contributed by atoms with Gasteiger partial charge in [0, 0.05) is 17.8 Å². The van der Waals surface area contributed by atoms with E-state index in [0.29, 0.717) is 29.8 Å². The number of aromatic nitrogens is 4. The molecular weight excluding hydrogens is 498 g/mol. The first-order valence-electron chi connectivity index (χ1n) is 11.6. The normalized spacial score (nSPS) is 15.4. The van der Waals surface area contributed by atoms with Crippen LogP contribution in [0.5, 0.6) is 5.75 Å². The Morgan fingerprint density at radius 3 is 2.92 bits per heavy atom. The fourth-order valence-corrected chi connectivity index (χ4v) is 5.21. The van der Waals surface area contributed by atoms with Crippen LogP contribution >= 0.6 is 22.9 Å². The quantitative estimate of drug-likeness (QED) is 0.295. The number of ether oxygens (including phenoxy) is 1. The number of thiazole rings is 1. The van der Waals surface area contributed by atoms with E-state index in [1.54, 1.807) is 24.6 Å². The molecule has 0 fully saturated rings. The number of nitrogens with zero attached hydrogens (tertiary/aromatic N) is 5. The number of benzene rings is 2. The zero-order valence-corrected chi connectivity index (χ0v) is 21.5. The highest BCUT2D eigenvalue weighted by Gasteiger charge is 2.24. The predicted octanol–water partition coefficient (Wildman–Crippen LogP) is 4.35. The molecule has 3 N–H and O–H groups in total. The lowest BCUT2D eigenvalue weighted by Crippen LogP contribution is -2.37. The maximum Gasteiger partial charge on any atom is 0.243 e. The molecule has 11 heteroatoms. The Kier molecular flexibility index (Phi) is 7.28. The summed E-state index contributed by atoms with van der Waals surface area (Å²) in [7, 11) is 1.64. The van der Waals surface area contributed by atoms with Crippen molar-refractivity contribution >= 4 is 44.7 Å². The summed E-state index contributed by atoms with van der Waals surface area (Å²) in [5, 5.41) is 24.2. The molecule has 2 aromatic heterocycles. The maximum atomic E-state index is 9.31. The minimum atomic E-state index is 0.0761. The van der Waals surface area contributed by atoms with Crippen molar-refractivity contribution in [2.24, 2.45) is 0 Å². The van der Waals surface area contributed by atoms with Crippen LogP contribution in [-0.2, 0) is 6.54 Å². The van der Waals surface area contributed by atoms with Crippen molar-refractivity contribution < 1.29 is 9.84 Å². The molecule has 0 amide bonds. The number of hydrogen-bond donors (Lipinski definition) is 3. The van der Waals surface area contributed by atoms with Crippen LogP contribution in [0.25, 0.3) is 27.0 Å². The third-order valence-electron chi connectivity index (χ3n) is 5.91. The van der Waals surface area contributed by atoms with Crippen LogP contribution < -0.4 is 15.5 Å². The summed E-state index contributed by atoms with van der Waals surface area (Å²) in [6, 6.07) is 11.9. The van der Waals surface area contributed by atoms with E-state index in [0.717, 1.165) is 44.1 Å². The van der Waals surface area contributed by atoms with E-state index in [-0.39, 0.29) is 12.6 Å². The largest absolute Gasteiger partial charge is 0.497 e. The first-order valence-corrected chi connectivity index (χ1v) is 12.8. The third-order valence-corrected chi connectivity index (χ3v) is 7.28. The van der Waals surface area contributed by atoms with Crippen molar-refractivity contribution in [2.75, 3.05) is 25.6 Å². The molecule has 0 bridgehead atoms. The van der Waals surface area contributed by atoms with Crippen LogP contribution in [0.1, 0.15) is 23.9 Å². The first kappa shape index (κ1) is 24.4. The Morgan fingerprint density at radius 1 is 1.22 bits per heavy atom. The Labute approximate surface area is 217 Å². The molecule has 0 aliphatic carbocycles. The number of β-amino-alcohol motifs (C(OH)–C–C–N with tert-alkyl or cyclic N) is 1. The van der Waals surface area contributed by atoms with Gasteiger partial charge in [-0.25, -0.2) is 15.4 Å². The fourth-order valence-electron chi connectivity index (χ4n) is 4.11. The Hall–Kier alpha value is -3.31.